The lowest BCUT2D eigenvalue weighted by molar-refractivity contribution is -0.127. The van der Waals surface area contributed by atoms with Gasteiger partial charge in [-0.3, -0.25) is 0 Å². The summed E-state index contributed by atoms with van der Waals surface area (Å²) in [4.78, 5) is 0. The van der Waals surface area contributed by atoms with Gasteiger partial charge in [0.25, 0.3) is 0 Å². The predicted molar refractivity (Wildman–Crippen MR) is 128 cm³/mol. The van der Waals surface area contributed by atoms with Gasteiger partial charge < -0.3 is 5.73 Å². The smallest absolute Gasteiger partial charge is 0.0140 e. The van der Waals surface area contributed by atoms with Crippen molar-refractivity contribution in [3.63, 3.8) is 0 Å². The standard InChI is InChI=1S/C29H43N/c1-18(2)29-17-25(4,5)15-21(29)14-23-22-10-9-20-13-19(3)11-12-26(20,6)28(22,8)24(30)16-27(23,29)7/h11-13,21-24H,1,3,9-10,14-17,30H2,2,4-8H3. The first-order chi connectivity index (χ1) is 13.8. The van der Waals surface area contributed by atoms with Crippen LogP contribution in [0.4, 0.5) is 0 Å². The Bertz CT molecular complexity index is 888. The average molecular weight is 406 g/mol. The summed E-state index contributed by atoms with van der Waals surface area (Å²) in [5.74, 6) is 2.23. The highest BCUT2D eigenvalue weighted by atomic mass is 14.8. The molecule has 5 aliphatic carbocycles. The lowest BCUT2D eigenvalue weighted by atomic mass is 9.38. The molecule has 8 unspecified atom stereocenters. The number of allylic oxidation sites excluding steroid dienone is 6. The maximum atomic E-state index is 7.29. The van der Waals surface area contributed by atoms with Crippen molar-refractivity contribution < 1.29 is 0 Å². The van der Waals surface area contributed by atoms with E-state index in [-0.39, 0.29) is 27.7 Å². The second-order valence-electron chi connectivity index (χ2n) is 13.3. The summed E-state index contributed by atoms with van der Waals surface area (Å²) in [6, 6.07) is 0.215. The van der Waals surface area contributed by atoms with E-state index in [9.17, 15) is 0 Å². The van der Waals surface area contributed by atoms with E-state index in [2.05, 4.69) is 72.9 Å². The van der Waals surface area contributed by atoms with E-state index < -0.39 is 0 Å². The molecule has 4 fully saturated rings. The average Bonchev–Trinajstić information content (AvgIpc) is 3.04. The van der Waals surface area contributed by atoms with Crippen LogP contribution in [0.5, 0.6) is 0 Å². The zero-order valence-corrected chi connectivity index (χ0v) is 20.3. The Morgan fingerprint density at radius 2 is 1.80 bits per heavy atom. The van der Waals surface area contributed by atoms with E-state index in [1.54, 1.807) is 5.57 Å². The van der Waals surface area contributed by atoms with E-state index in [0.717, 1.165) is 23.8 Å². The summed E-state index contributed by atoms with van der Waals surface area (Å²) in [6.07, 6.45) is 14.7. The topological polar surface area (TPSA) is 26.0 Å². The van der Waals surface area contributed by atoms with Crippen LogP contribution in [0.2, 0.25) is 0 Å². The summed E-state index contributed by atoms with van der Waals surface area (Å²) >= 11 is 0. The number of fused-ring (bicyclic) bond motifs is 7. The summed E-state index contributed by atoms with van der Waals surface area (Å²) < 4.78 is 0. The van der Waals surface area contributed by atoms with Crippen molar-refractivity contribution in [2.45, 2.75) is 86.1 Å². The molecule has 0 bridgehead atoms. The molecule has 0 saturated heterocycles. The molecule has 5 aliphatic rings. The minimum atomic E-state index is 0.0607. The van der Waals surface area contributed by atoms with Crippen molar-refractivity contribution in [1.82, 2.24) is 0 Å². The molecule has 0 aromatic rings. The van der Waals surface area contributed by atoms with Crippen LogP contribution in [-0.4, -0.2) is 6.04 Å². The van der Waals surface area contributed by atoms with Gasteiger partial charge in [-0.05, 0) is 90.4 Å². The van der Waals surface area contributed by atoms with E-state index in [4.69, 9.17) is 5.73 Å². The third-order valence-corrected chi connectivity index (χ3v) is 11.6. The van der Waals surface area contributed by atoms with Crippen LogP contribution in [0.25, 0.3) is 0 Å². The quantitative estimate of drug-likeness (QED) is 0.458. The van der Waals surface area contributed by atoms with Crippen LogP contribution in [0.1, 0.15) is 80.1 Å². The minimum absolute atomic E-state index is 0.0607. The van der Waals surface area contributed by atoms with Crippen LogP contribution in [0.15, 0.2) is 48.1 Å². The van der Waals surface area contributed by atoms with Crippen LogP contribution < -0.4 is 5.73 Å². The van der Waals surface area contributed by atoms with E-state index in [0.29, 0.717) is 11.3 Å². The summed E-state index contributed by atoms with van der Waals surface area (Å²) in [6.45, 7) is 23.8. The second kappa shape index (κ2) is 5.83. The second-order valence-corrected chi connectivity index (χ2v) is 13.3. The highest BCUT2D eigenvalue weighted by molar-refractivity contribution is 5.46. The van der Waals surface area contributed by atoms with Gasteiger partial charge in [0.2, 0.25) is 0 Å². The van der Waals surface area contributed by atoms with Gasteiger partial charge >= 0.3 is 0 Å². The molecule has 0 amide bonds. The largest absolute Gasteiger partial charge is 0.327 e. The number of rotatable bonds is 1. The van der Waals surface area contributed by atoms with Gasteiger partial charge in [-0.1, -0.05) is 77.2 Å². The lowest BCUT2D eigenvalue weighted by Gasteiger charge is -2.67. The Labute approximate surface area is 185 Å². The summed E-state index contributed by atoms with van der Waals surface area (Å²) in [5, 5.41) is 0. The van der Waals surface area contributed by atoms with E-state index in [1.165, 1.54) is 37.7 Å². The molecule has 0 aromatic carbocycles. The Morgan fingerprint density at radius 3 is 2.47 bits per heavy atom. The molecular formula is C29H43N. The molecule has 8 atom stereocenters. The van der Waals surface area contributed by atoms with Gasteiger partial charge in [0.05, 0.1) is 0 Å². The van der Waals surface area contributed by atoms with Crippen LogP contribution in [-0.2, 0) is 0 Å². The molecule has 1 nitrogen and oxygen atoms in total. The third kappa shape index (κ3) is 2.14. The minimum Gasteiger partial charge on any atom is -0.327 e. The van der Waals surface area contributed by atoms with E-state index >= 15 is 0 Å². The number of hydrogen-bond acceptors (Lipinski definition) is 1. The van der Waals surface area contributed by atoms with Crippen molar-refractivity contribution in [3.8, 4) is 0 Å². The Balaban J connectivity index is 1.64. The zero-order valence-electron chi connectivity index (χ0n) is 20.3. The molecule has 30 heavy (non-hydrogen) atoms. The maximum absolute atomic E-state index is 7.29. The molecule has 0 radical (unpaired) electrons. The molecule has 2 N–H and O–H groups in total. The fraction of sp³-hybridized carbons (Fsp3) is 0.724. The Kier molecular flexibility index (Phi) is 4.04. The highest BCUT2D eigenvalue weighted by Gasteiger charge is 2.74. The monoisotopic (exact) mass is 405 g/mol. The van der Waals surface area contributed by atoms with Gasteiger partial charge in [0.15, 0.2) is 0 Å². The van der Waals surface area contributed by atoms with Crippen molar-refractivity contribution in [2.75, 3.05) is 0 Å². The molecule has 0 aromatic heterocycles. The fourth-order valence-electron chi connectivity index (χ4n) is 10.2. The molecule has 4 saturated carbocycles. The van der Waals surface area contributed by atoms with Crippen LogP contribution in [0.3, 0.4) is 0 Å². The van der Waals surface area contributed by atoms with Crippen molar-refractivity contribution in [3.05, 3.63) is 48.1 Å². The maximum Gasteiger partial charge on any atom is 0.0140 e. The van der Waals surface area contributed by atoms with Gasteiger partial charge in [0.1, 0.15) is 0 Å². The first kappa shape index (κ1) is 20.8. The zero-order chi connectivity index (χ0) is 21.9. The molecule has 1 heteroatoms. The third-order valence-electron chi connectivity index (χ3n) is 11.6. The molecule has 164 valence electrons. The lowest BCUT2D eigenvalue weighted by Crippen LogP contribution is -2.66. The van der Waals surface area contributed by atoms with Gasteiger partial charge in [0, 0.05) is 11.5 Å². The SMILES string of the molecule is C=C1C=CC2(C)C(=C1)CCC1C3CC4CC(C)(C)CC4(C(=C)C)C3(C)CC(N)C12C. The van der Waals surface area contributed by atoms with Crippen LogP contribution in [0, 0.1) is 44.8 Å². The van der Waals surface area contributed by atoms with E-state index in [1.807, 2.05) is 0 Å². The summed E-state index contributed by atoms with van der Waals surface area (Å²) in [7, 11) is 0. The first-order valence-corrected chi connectivity index (χ1v) is 12.3. The molecule has 0 aliphatic heterocycles. The Hall–Kier alpha value is -1.08. The van der Waals surface area contributed by atoms with Gasteiger partial charge in [-0.2, -0.15) is 0 Å². The first-order valence-electron chi connectivity index (χ1n) is 12.3. The predicted octanol–water partition coefficient (Wildman–Crippen LogP) is 7.22. The fourth-order valence-corrected chi connectivity index (χ4v) is 10.2. The van der Waals surface area contributed by atoms with Gasteiger partial charge in [-0.25, -0.2) is 0 Å². The van der Waals surface area contributed by atoms with Crippen molar-refractivity contribution in [2.24, 2.45) is 50.6 Å². The molecular weight excluding hydrogens is 362 g/mol. The molecule has 0 spiro atoms. The molecule has 5 rings (SSSR count). The normalized spacial score (nSPS) is 53.4. The highest BCUT2D eigenvalue weighted by Crippen LogP contribution is 2.80. The molecule has 0 heterocycles. The van der Waals surface area contributed by atoms with Gasteiger partial charge in [-0.15, -0.1) is 0 Å². The van der Waals surface area contributed by atoms with Crippen LogP contribution >= 0.6 is 0 Å². The van der Waals surface area contributed by atoms with Crippen molar-refractivity contribution in [1.29, 1.82) is 0 Å². The number of hydrogen-bond donors (Lipinski definition) is 1. The Morgan fingerprint density at radius 1 is 1.10 bits per heavy atom. The van der Waals surface area contributed by atoms with Crippen molar-refractivity contribution >= 4 is 0 Å². The number of nitrogens with two attached hydrogens (primary N) is 1. The summed E-state index contributed by atoms with van der Waals surface area (Å²) in [5.41, 5.74) is 12.6.